The minimum atomic E-state index is -0.0386. The van der Waals surface area contributed by atoms with Crippen molar-refractivity contribution in [3.05, 3.63) is 90.0 Å². The van der Waals surface area contributed by atoms with Gasteiger partial charge in [0, 0.05) is 18.0 Å². The second kappa shape index (κ2) is 7.44. The molecule has 26 heavy (non-hydrogen) atoms. The first kappa shape index (κ1) is 16.4. The highest BCUT2D eigenvalue weighted by molar-refractivity contribution is 6.00. The summed E-state index contributed by atoms with van der Waals surface area (Å²) < 4.78 is 5.82. The number of nitrogens with one attached hydrogen (secondary N) is 1. The van der Waals surface area contributed by atoms with Gasteiger partial charge in [0.25, 0.3) is 5.91 Å². The SMILES string of the molecule is O=C(NCC1COc2ccccc2C1)c1ccccc1-c1ccccc1. The maximum Gasteiger partial charge on any atom is 0.251 e. The minimum Gasteiger partial charge on any atom is -0.493 e. The number of para-hydroxylation sites is 1. The largest absolute Gasteiger partial charge is 0.493 e. The Bertz CT molecular complexity index is 905. The van der Waals surface area contributed by atoms with Crippen molar-refractivity contribution in [3.8, 4) is 16.9 Å². The van der Waals surface area contributed by atoms with E-state index in [0.717, 1.165) is 23.3 Å². The Kier molecular flexibility index (Phi) is 4.69. The lowest BCUT2D eigenvalue weighted by atomic mass is 9.96. The van der Waals surface area contributed by atoms with E-state index in [4.69, 9.17) is 4.74 Å². The molecule has 0 aromatic heterocycles. The van der Waals surface area contributed by atoms with Gasteiger partial charge in [0.05, 0.1) is 6.61 Å². The summed E-state index contributed by atoms with van der Waals surface area (Å²) in [5, 5.41) is 3.09. The molecule has 0 bridgehead atoms. The molecule has 3 aromatic carbocycles. The molecule has 3 aromatic rings. The van der Waals surface area contributed by atoms with Gasteiger partial charge in [0.1, 0.15) is 5.75 Å². The van der Waals surface area contributed by atoms with E-state index in [1.54, 1.807) is 0 Å². The molecule has 3 nitrogen and oxygen atoms in total. The predicted octanol–water partition coefficient (Wildman–Crippen LogP) is 4.33. The van der Waals surface area contributed by atoms with Crippen molar-refractivity contribution in [1.82, 2.24) is 5.32 Å². The monoisotopic (exact) mass is 343 g/mol. The molecular formula is C23H21NO2. The molecule has 3 heteroatoms. The van der Waals surface area contributed by atoms with Crippen LogP contribution in [0.5, 0.6) is 5.75 Å². The Labute approximate surface area is 153 Å². The van der Waals surface area contributed by atoms with E-state index in [9.17, 15) is 4.79 Å². The van der Waals surface area contributed by atoms with E-state index in [1.807, 2.05) is 72.8 Å². The summed E-state index contributed by atoms with van der Waals surface area (Å²) in [6, 6.07) is 25.8. The third-order valence-electron chi connectivity index (χ3n) is 4.76. The second-order valence-electron chi connectivity index (χ2n) is 6.61. The van der Waals surface area contributed by atoms with E-state index in [1.165, 1.54) is 5.56 Å². The Hall–Kier alpha value is -3.07. The Morgan fingerprint density at radius 1 is 0.923 bits per heavy atom. The van der Waals surface area contributed by atoms with Crippen LogP contribution in [-0.4, -0.2) is 19.1 Å². The van der Waals surface area contributed by atoms with E-state index in [-0.39, 0.29) is 11.8 Å². The van der Waals surface area contributed by atoms with Crippen LogP contribution in [0.25, 0.3) is 11.1 Å². The van der Waals surface area contributed by atoms with Crippen molar-refractivity contribution >= 4 is 5.91 Å². The second-order valence-corrected chi connectivity index (χ2v) is 6.61. The number of rotatable bonds is 4. The third-order valence-corrected chi connectivity index (χ3v) is 4.76. The molecule has 1 aliphatic heterocycles. The Morgan fingerprint density at radius 2 is 1.65 bits per heavy atom. The van der Waals surface area contributed by atoms with Crippen LogP contribution in [0.2, 0.25) is 0 Å². The zero-order valence-corrected chi connectivity index (χ0v) is 14.5. The van der Waals surface area contributed by atoms with E-state index in [2.05, 4.69) is 11.4 Å². The van der Waals surface area contributed by atoms with Crippen LogP contribution in [0.4, 0.5) is 0 Å². The van der Waals surface area contributed by atoms with Gasteiger partial charge < -0.3 is 10.1 Å². The first-order valence-electron chi connectivity index (χ1n) is 8.94. The molecular weight excluding hydrogens is 322 g/mol. The van der Waals surface area contributed by atoms with Crippen molar-refractivity contribution in [2.45, 2.75) is 6.42 Å². The molecule has 0 saturated heterocycles. The molecule has 1 amide bonds. The van der Waals surface area contributed by atoms with Crippen LogP contribution in [0.3, 0.4) is 0 Å². The van der Waals surface area contributed by atoms with Gasteiger partial charge in [-0.2, -0.15) is 0 Å². The number of hydrogen-bond donors (Lipinski definition) is 1. The summed E-state index contributed by atoms with van der Waals surface area (Å²) in [4.78, 5) is 12.8. The summed E-state index contributed by atoms with van der Waals surface area (Å²) in [5.41, 5.74) is 3.92. The van der Waals surface area contributed by atoms with Crippen molar-refractivity contribution in [1.29, 1.82) is 0 Å². The molecule has 130 valence electrons. The standard InChI is InChI=1S/C23H21NO2/c25-23(21-12-6-5-11-20(21)18-8-2-1-3-9-18)24-15-17-14-19-10-4-7-13-22(19)26-16-17/h1-13,17H,14-16H2,(H,24,25). The van der Waals surface area contributed by atoms with Gasteiger partial charge in [-0.1, -0.05) is 66.7 Å². The predicted molar refractivity (Wildman–Crippen MR) is 103 cm³/mol. The first-order valence-corrected chi connectivity index (χ1v) is 8.94. The van der Waals surface area contributed by atoms with Crippen LogP contribution in [0, 0.1) is 5.92 Å². The third kappa shape index (κ3) is 3.47. The molecule has 1 N–H and O–H groups in total. The fourth-order valence-electron chi connectivity index (χ4n) is 3.40. The Morgan fingerprint density at radius 3 is 2.54 bits per heavy atom. The highest BCUT2D eigenvalue weighted by Gasteiger charge is 2.21. The molecule has 0 aliphatic carbocycles. The lowest BCUT2D eigenvalue weighted by molar-refractivity contribution is 0.0939. The molecule has 0 radical (unpaired) electrons. The van der Waals surface area contributed by atoms with Crippen molar-refractivity contribution in [2.75, 3.05) is 13.2 Å². The van der Waals surface area contributed by atoms with E-state index >= 15 is 0 Å². The van der Waals surface area contributed by atoms with Gasteiger partial charge in [0.2, 0.25) is 0 Å². The molecule has 1 atom stereocenters. The number of carbonyl (C=O) groups excluding carboxylic acids is 1. The van der Waals surface area contributed by atoms with Gasteiger partial charge in [-0.3, -0.25) is 4.79 Å². The maximum absolute atomic E-state index is 12.8. The summed E-state index contributed by atoms with van der Waals surface area (Å²) in [7, 11) is 0. The molecule has 1 aliphatic rings. The van der Waals surface area contributed by atoms with Gasteiger partial charge in [-0.15, -0.1) is 0 Å². The fraction of sp³-hybridized carbons (Fsp3) is 0.174. The number of carbonyl (C=O) groups is 1. The number of fused-ring (bicyclic) bond motifs is 1. The summed E-state index contributed by atoms with van der Waals surface area (Å²) in [5.74, 6) is 1.21. The van der Waals surface area contributed by atoms with Crippen molar-refractivity contribution < 1.29 is 9.53 Å². The number of amides is 1. The minimum absolute atomic E-state index is 0.0386. The summed E-state index contributed by atoms with van der Waals surface area (Å²) >= 11 is 0. The molecule has 0 spiro atoms. The van der Waals surface area contributed by atoms with Crippen LogP contribution < -0.4 is 10.1 Å². The van der Waals surface area contributed by atoms with Crippen molar-refractivity contribution in [3.63, 3.8) is 0 Å². The van der Waals surface area contributed by atoms with Crippen molar-refractivity contribution in [2.24, 2.45) is 5.92 Å². The topological polar surface area (TPSA) is 38.3 Å². The lowest BCUT2D eigenvalue weighted by Gasteiger charge is -2.25. The number of hydrogen-bond acceptors (Lipinski definition) is 2. The lowest BCUT2D eigenvalue weighted by Crippen LogP contribution is -2.35. The van der Waals surface area contributed by atoms with Gasteiger partial charge in [0.15, 0.2) is 0 Å². The van der Waals surface area contributed by atoms with Crippen LogP contribution in [0.15, 0.2) is 78.9 Å². The molecule has 0 fully saturated rings. The van der Waals surface area contributed by atoms with E-state index in [0.29, 0.717) is 18.7 Å². The zero-order valence-electron chi connectivity index (χ0n) is 14.5. The number of benzene rings is 3. The Balaban J connectivity index is 1.45. The normalized spacial score (nSPS) is 15.6. The highest BCUT2D eigenvalue weighted by Crippen LogP contribution is 2.27. The maximum atomic E-state index is 12.8. The van der Waals surface area contributed by atoms with Crippen LogP contribution in [0.1, 0.15) is 15.9 Å². The van der Waals surface area contributed by atoms with Crippen LogP contribution in [-0.2, 0) is 6.42 Å². The quantitative estimate of drug-likeness (QED) is 0.765. The molecule has 4 rings (SSSR count). The van der Waals surface area contributed by atoms with Gasteiger partial charge >= 0.3 is 0 Å². The summed E-state index contributed by atoms with van der Waals surface area (Å²) in [6.07, 6.45) is 0.927. The molecule has 0 saturated carbocycles. The van der Waals surface area contributed by atoms with E-state index < -0.39 is 0 Å². The fourth-order valence-corrected chi connectivity index (χ4v) is 3.40. The average molecular weight is 343 g/mol. The highest BCUT2D eigenvalue weighted by atomic mass is 16.5. The average Bonchev–Trinajstić information content (AvgIpc) is 2.72. The smallest absolute Gasteiger partial charge is 0.251 e. The molecule has 1 heterocycles. The summed E-state index contributed by atoms with van der Waals surface area (Å²) in [6.45, 7) is 1.24. The number of ether oxygens (including phenoxy) is 1. The van der Waals surface area contributed by atoms with Gasteiger partial charge in [-0.05, 0) is 35.2 Å². The van der Waals surface area contributed by atoms with Gasteiger partial charge in [-0.25, -0.2) is 0 Å². The van der Waals surface area contributed by atoms with Crippen LogP contribution >= 0.6 is 0 Å². The molecule has 1 unspecified atom stereocenters. The zero-order chi connectivity index (χ0) is 17.8. The first-order chi connectivity index (χ1) is 12.8.